The monoisotopic (exact) mass is 321 g/mol. The van der Waals surface area contributed by atoms with Crippen LogP contribution in [0.3, 0.4) is 0 Å². The second kappa shape index (κ2) is 5.84. The summed E-state index contributed by atoms with van der Waals surface area (Å²) in [6.07, 6.45) is 4.52. The molecule has 3 rings (SSSR count). The summed E-state index contributed by atoms with van der Waals surface area (Å²) < 4.78 is 6.67. The lowest BCUT2D eigenvalue weighted by Gasteiger charge is -1.99. The zero-order valence-corrected chi connectivity index (χ0v) is 12.2. The molecule has 100 valence electrons. The Morgan fingerprint density at radius 3 is 2.89 bits per heavy atom. The second-order valence-electron chi connectivity index (χ2n) is 4.81. The number of benzene rings is 1. The lowest BCUT2D eigenvalue weighted by Crippen LogP contribution is -2.17. The summed E-state index contributed by atoms with van der Waals surface area (Å²) in [6.45, 7) is 1.03. The largest absolute Gasteiger partial charge is 0.421 e. The van der Waals surface area contributed by atoms with Gasteiger partial charge in [-0.3, -0.25) is 0 Å². The zero-order valence-electron chi connectivity index (χ0n) is 10.6. The molecule has 1 N–H and O–H groups in total. The van der Waals surface area contributed by atoms with Gasteiger partial charge < -0.3 is 9.73 Å². The van der Waals surface area contributed by atoms with Gasteiger partial charge in [-0.2, -0.15) is 0 Å². The van der Waals surface area contributed by atoms with Crippen LogP contribution in [0.2, 0.25) is 0 Å². The number of hydrogen-bond donors (Lipinski definition) is 1. The van der Waals surface area contributed by atoms with E-state index in [9.17, 15) is 0 Å². The Kier molecular flexibility index (Phi) is 3.94. The zero-order chi connectivity index (χ0) is 13.1. The van der Waals surface area contributed by atoms with Gasteiger partial charge in [0.05, 0.1) is 5.56 Å². The minimum absolute atomic E-state index is 0.581. The summed E-state index contributed by atoms with van der Waals surface area (Å²) >= 11 is 3.49. The van der Waals surface area contributed by atoms with Gasteiger partial charge in [0.1, 0.15) is 0 Å². The minimum atomic E-state index is 0.581. The number of aromatic nitrogens is 2. The highest BCUT2D eigenvalue weighted by atomic mass is 79.9. The number of hydrogen-bond acceptors (Lipinski definition) is 4. The fourth-order valence-corrected chi connectivity index (χ4v) is 2.39. The number of nitrogens with zero attached hydrogens (tertiary/aromatic N) is 2. The standard InChI is InChI=1S/C14H16BrN3O/c15-12-5-2-1-4-11(12)14-18-17-13(19-14)6-3-9-16-10-7-8-10/h1-2,4-5,10,16H,3,6-9H2. The predicted molar refractivity (Wildman–Crippen MR) is 76.8 cm³/mol. The first-order valence-electron chi connectivity index (χ1n) is 6.63. The Hall–Kier alpha value is -1.20. The summed E-state index contributed by atoms with van der Waals surface area (Å²) in [5.74, 6) is 1.29. The average Bonchev–Trinajstić information content (AvgIpc) is 3.13. The van der Waals surface area contributed by atoms with Crippen LogP contribution in [0.5, 0.6) is 0 Å². The summed E-state index contributed by atoms with van der Waals surface area (Å²) in [7, 11) is 0. The maximum absolute atomic E-state index is 5.69. The van der Waals surface area contributed by atoms with Crippen LogP contribution in [0.25, 0.3) is 11.5 Å². The number of nitrogens with one attached hydrogen (secondary N) is 1. The molecule has 1 aromatic carbocycles. The van der Waals surface area contributed by atoms with Gasteiger partial charge >= 0.3 is 0 Å². The summed E-state index contributed by atoms with van der Waals surface area (Å²) in [4.78, 5) is 0. The van der Waals surface area contributed by atoms with E-state index in [1.807, 2.05) is 24.3 Å². The van der Waals surface area contributed by atoms with Gasteiger partial charge in [0, 0.05) is 16.9 Å². The van der Waals surface area contributed by atoms with Gasteiger partial charge in [0.15, 0.2) is 0 Å². The molecule has 4 nitrogen and oxygen atoms in total. The van der Waals surface area contributed by atoms with Crippen molar-refractivity contribution in [3.8, 4) is 11.5 Å². The highest BCUT2D eigenvalue weighted by Gasteiger charge is 2.19. The van der Waals surface area contributed by atoms with E-state index in [4.69, 9.17) is 4.42 Å². The molecule has 2 aromatic rings. The highest BCUT2D eigenvalue weighted by molar-refractivity contribution is 9.10. The van der Waals surface area contributed by atoms with Crippen molar-refractivity contribution in [3.05, 3.63) is 34.6 Å². The molecule has 1 fully saturated rings. The van der Waals surface area contributed by atoms with Crippen LogP contribution >= 0.6 is 15.9 Å². The topological polar surface area (TPSA) is 51.0 Å². The molecule has 0 bridgehead atoms. The number of aryl methyl sites for hydroxylation is 1. The third-order valence-corrected chi connectivity index (χ3v) is 3.84. The molecule has 1 saturated carbocycles. The van der Waals surface area contributed by atoms with E-state index in [2.05, 4.69) is 31.4 Å². The van der Waals surface area contributed by atoms with E-state index in [1.165, 1.54) is 12.8 Å². The first-order valence-corrected chi connectivity index (χ1v) is 7.43. The maximum atomic E-state index is 5.69. The smallest absolute Gasteiger partial charge is 0.248 e. The van der Waals surface area contributed by atoms with Gasteiger partial charge in [-0.25, -0.2) is 0 Å². The molecule has 1 aromatic heterocycles. The molecular formula is C14H16BrN3O. The van der Waals surface area contributed by atoms with E-state index < -0.39 is 0 Å². The van der Waals surface area contributed by atoms with E-state index in [0.717, 1.165) is 35.5 Å². The molecule has 0 atom stereocenters. The minimum Gasteiger partial charge on any atom is -0.421 e. The molecule has 0 aliphatic heterocycles. The van der Waals surface area contributed by atoms with Crippen molar-refractivity contribution in [2.75, 3.05) is 6.54 Å². The van der Waals surface area contributed by atoms with Gasteiger partial charge in [-0.1, -0.05) is 12.1 Å². The normalized spacial score (nSPS) is 14.8. The molecule has 1 aliphatic carbocycles. The van der Waals surface area contributed by atoms with E-state index in [-0.39, 0.29) is 0 Å². The highest BCUT2D eigenvalue weighted by Crippen LogP contribution is 2.26. The quantitative estimate of drug-likeness (QED) is 0.830. The predicted octanol–water partition coefficient (Wildman–Crippen LogP) is 3.18. The van der Waals surface area contributed by atoms with Crippen molar-refractivity contribution in [1.82, 2.24) is 15.5 Å². The first-order chi connectivity index (χ1) is 9.33. The molecule has 0 unspecified atom stereocenters. The van der Waals surface area contributed by atoms with E-state index in [1.54, 1.807) is 0 Å². The average molecular weight is 322 g/mol. The third-order valence-electron chi connectivity index (χ3n) is 3.15. The Balaban J connectivity index is 1.57. The van der Waals surface area contributed by atoms with E-state index >= 15 is 0 Å². The van der Waals surface area contributed by atoms with Crippen LogP contribution in [0, 0.1) is 0 Å². The molecule has 5 heteroatoms. The molecule has 19 heavy (non-hydrogen) atoms. The molecule has 0 saturated heterocycles. The number of rotatable bonds is 6. The van der Waals surface area contributed by atoms with Gasteiger partial charge in [-0.15, -0.1) is 10.2 Å². The molecule has 0 spiro atoms. The second-order valence-corrected chi connectivity index (χ2v) is 5.67. The van der Waals surface area contributed by atoms with Gasteiger partial charge in [0.25, 0.3) is 0 Å². The van der Waals surface area contributed by atoms with E-state index in [0.29, 0.717) is 11.8 Å². The molecule has 1 heterocycles. The Labute approximate surface area is 120 Å². The lowest BCUT2D eigenvalue weighted by molar-refractivity contribution is 0.490. The number of halogens is 1. The van der Waals surface area contributed by atoms with Crippen LogP contribution in [0.1, 0.15) is 25.2 Å². The fraction of sp³-hybridized carbons (Fsp3) is 0.429. The van der Waals surface area contributed by atoms with Crippen molar-refractivity contribution in [3.63, 3.8) is 0 Å². The SMILES string of the molecule is Brc1ccccc1-c1nnc(CCCNC2CC2)o1. The molecule has 0 amide bonds. The van der Waals surface area contributed by atoms with Gasteiger partial charge in [0.2, 0.25) is 11.8 Å². The molecule has 1 aliphatic rings. The van der Waals surface area contributed by atoms with Crippen LogP contribution in [-0.4, -0.2) is 22.8 Å². The lowest BCUT2D eigenvalue weighted by atomic mass is 10.2. The Morgan fingerprint density at radius 1 is 1.26 bits per heavy atom. The van der Waals surface area contributed by atoms with Crippen molar-refractivity contribution < 1.29 is 4.42 Å². The summed E-state index contributed by atoms with van der Waals surface area (Å²) in [6, 6.07) is 8.63. The Bertz CT molecular complexity index is 551. The van der Waals surface area contributed by atoms with Gasteiger partial charge in [-0.05, 0) is 53.9 Å². The van der Waals surface area contributed by atoms with Crippen molar-refractivity contribution in [2.45, 2.75) is 31.7 Å². The first kappa shape index (κ1) is 12.8. The van der Waals surface area contributed by atoms with Crippen LogP contribution in [0.15, 0.2) is 33.2 Å². The summed E-state index contributed by atoms with van der Waals surface area (Å²) in [5, 5.41) is 11.7. The van der Waals surface area contributed by atoms with Crippen molar-refractivity contribution >= 4 is 15.9 Å². The third kappa shape index (κ3) is 3.42. The Morgan fingerprint density at radius 2 is 2.11 bits per heavy atom. The molecular weight excluding hydrogens is 306 g/mol. The van der Waals surface area contributed by atoms with Crippen LogP contribution in [-0.2, 0) is 6.42 Å². The fourth-order valence-electron chi connectivity index (χ4n) is 1.93. The summed E-state index contributed by atoms with van der Waals surface area (Å²) in [5.41, 5.74) is 0.942. The van der Waals surface area contributed by atoms with Crippen LogP contribution < -0.4 is 5.32 Å². The molecule has 0 radical (unpaired) electrons. The van der Waals surface area contributed by atoms with Crippen LogP contribution in [0.4, 0.5) is 0 Å². The van der Waals surface area contributed by atoms with Crippen molar-refractivity contribution in [2.24, 2.45) is 0 Å². The van der Waals surface area contributed by atoms with Crippen molar-refractivity contribution in [1.29, 1.82) is 0 Å². The maximum Gasteiger partial charge on any atom is 0.248 e.